The van der Waals surface area contributed by atoms with E-state index in [0.717, 1.165) is 57.8 Å². The van der Waals surface area contributed by atoms with E-state index in [0.29, 0.717) is 12.8 Å². The van der Waals surface area contributed by atoms with E-state index in [-0.39, 0.29) is 49.1 Å². The first-order valence-electron chi connectivity index (χ1n) is 19.5. The quantitative estimate of drug-likeness (QED) is 0.0221. The number of ether oxygens (including phenoxy) is 3. The number of carboxylic acid groups (broad SMARTS) is 1. The summed E-state index contributed by atoms with van der Waals surface area (Å²) < 4.78 is 17.0. The van der Waals surface area contributed by atoms with Crippen LogP contribution in [0.3, 0.4) is 0 Å². The number of hydrogen-bond donors (Lipinski definition) is 0. The summed E-state index contributed by atoms with van der Waals surface area (Å²) in [7, 11) is 5.37. The maximum absolute atomic E-state index is 12.6. The Morgan fingerprint density at radius 3 is 1.71 bits per heavy atom. The lowest BCUT2D eigenvalue weighted by molar-refractivity contribution is -0.889. The van der Waals surface area contributed by atoms with Crippen LogP contribution in [-0.2, 0) is 28.6 Å². The van der Waals surface area contributed by atoms with Crippen LogP contribution in [0.2, 0.25) is 0 Å². The fourth-order valence-electron chi connectivity index (χ4n) is 5.14. The zero-order valence-electron chi connectivity index (χ0n) is 32.7. The Kier molecular flexibility index (Phi) is 31.7. The van der Waals surface area contributed by atoms with Crippen molar-refractivity contribution in [2.45, 2.75) is 142 Å². The van der Waals surface area contributed by atoms with E-state index in [1.54, 1.807) is 21.1 Å². The number of carboxylic acids is 1. The highest BCUT2D eigenvalue weighted by Crippen LogP contribution is 2.12. The monoisotopic (exact) mass is 714 g/mol. The molecule has 0 amide bonds. The van der Waals surface area contributed by atoms with Gasteiger partial charge in [0.15, 0.2) is 6.10 Å². The number of hydrogen-bond acceptors (Lipinski definition) is 7. The van der Waals surface area contributed by atoms with Crippen LogP contribution < -0.4 is 5.11 Å². The van der Waals surface area contributed by atoms with Gasteiger partial charge in [0.2, 0.25) is 0 Å². The fraction of sp³-hybridized carbons (Fsp3) is 0.651. The minimum Gasteiger partial charge on any atom is -0.544 e. The van der Waals surface area contributed by atoms with Crippen molar-refractivity contribution in [2.75, 3.05) is 41.0 Å². The summed E-state index contributed by atoms with van der Waals surface area (Å²) in [6, 6.07) is -0.737. The molecule has 2 unspecified atom stereocenters. The van der Waals surface area contributed by atoms with E-state index >= 15 is 0 Å². The van der Waals surface area contributed by atoms with Crippen LogP contribution in [0.5, 0.6) is 0 Å². The van der Waals surface area contributed by atoms with Crippen LogP contribution in [0.4, 0.5) is 0 Å². The molecule has 51 heavy (non-hydrogen) atoms. The highest BCUT2D eigenvalue weighted by molar-refractivity contribution is 5.70. The summed E-state index contributed by atoms with van der Waals surface area (Å²) in [6.07, 6.45) is 40.7. The predicted octanol–water partition coefficient (Wildman–Crippen LogP) is 8.68. The summed E-state index contributed by atoms with van der Waals surface area (Å²) in [5.74, 6) is -1.82. The van der Waals surface area contributed by atoms with Gasteiger partial charge in [-0.15, -0.1) is 0 Å². The largest absolute Gasteiger partial charge is 0.544 e. The number of rotatable bonds is 33. The normalized spacial score (nSPS) is 13.8. The molecule has 2 atom stereocenters. The maximum Gasteiger partial charge on any atom is 0.306 e. The van der Waals surface area contributed by atoms with Crippen molar-refractivity contribution in [3.05, 3.63) is 72.9 Å². The van der Waals surface area contributed by atoms with E-state index in [1.165, 1.54) is 32.1 Å². The van der Waals surface area contributed by atoms with Crippen LogP contribution in [0.15, 0.2) is 72.9 Å². The van der Waals surface area contributed by atoms with Crippen molar-refractivity contribution in [3.63, 3.8) is 0 Å². The topological polar surface area (TPSA) is 102 Å². The molecule has 0 N–H and O–H groups in total. The van der Waals surface area contributed by atoms with Gasteiger partial charge in [0.05, 0.1) is 40.3 Å². The van der Waals surface area contributed by atoms with Gasteiger partial charge in [-0.2, -0.15) is 0 Å². The smallest absolute Gasteiger partial charge is 0.306 e. The van der Waals surface area contributed by atoms with Gasteiger partial charge >= 0.3 is 11.9 Å². The zero-order chi connectivity index (χ0) is 37.8. The Hall–Kier alpha value is -3.23. The van der Waals surface area contributed by atoms with Crippen LogP contribution in [0.25, 0.3) is 0 Å². The highest BCUT2D eigenvalue weighted by atomic mass is 16.6. The molecule has 0 aromatic carbocycles. The number of carbonyl (C=O) groups excluding carboxylic acids is 3. The minimum absolute atomic E-state index is 0.0165. The second-order valence-corrected chi connectivity index (χ2v) is 13.9. The van der Waals surface area contributed by atoms with E-state index < -0.39 is 18.1 Å². The number of nitrogens with zero attached hydrogens (tertiary/aromatic N) is 1. The summed E-state index contributed by atoms with van der Waals surface area (Å²) in [4.78, 5) is 36.7. The van der Waals surface area contributed by atoms with E-state index in [4.69, 9.17) is 14.2 Å². The number of esters is 2. The molecule has 0 rings (SSSR count). The van der Waals surface area contributed by atoms with Crippen LogP contribution in [-0.4, -0.2) is 75.5 Å². The van der Waals surface area contributed by atoms with Crippen molar-refractivity contribution >= 4 is 17.9 Å². The Morgan fingerprint density at radius 1 is 0.608 bits per heavy atom. The minimum atomic E-state index is -1.14. The molecule has 0 radical (unpaired) electrons. The lowest BCUT2D eigenvalue weighted by Crippen LogP contribution is -2.55. The molecule has 0 saturated carbocycles. The van der Waals surface area contributed by atoms with Crippen molar-refractivity contribution in [2.24, 2.45) is 0 Å². The first-order chi connectivity index (χ1) is 24.6. The predicted molar refractivity (Wildman–Crippen MR) is 208 cm³/mol. The molecule has 0 bridgehead atoms. The third kappa shape index (κ3) is 32.4. The number of carbonyl (C=O) groups is 3. The molecular formula is C43H71NO7. The Labute approximate surface area is 311 Å². The van der Waals surface area contributed by atoms with Gasteiger partial charge in [-0.3, -0.25) is 9.59 Å². The summed E-state index contributed by atoms with van der Waals surface area (Å²) in [5.41, 5.74) is 0. The summed E-state index contributed by atoms with van der Waals surface area (Å²) in [6.45, 7) is 4.40. The third-order valence-electron chi connectivity index (χ3n) is 8.20. The molecule has 0 aromatic heterocycles. The maximum atomic E-state index is 12.6. The number of aliphatic carboxylic acids is 1. The molecule has 0 aliphatic heterocycles. The van der Waals surface area contributed by atoms with Gasteiger partial charge in [0, 0.05) is 19.3 Å². The van der Waals surface area contributed by atoms with Crippen LogP contribution in [0, 0.1) is 0 Å². The molecule has 0 saturated heterocycles. The molecule has 0 heterocycles. The number of likely N-dealkylation sites (N-methyl/N-ethyl adjacent to an activating group) is 1. The van der Waals surface area contributed by atoms with Crippen molar-refractivity contribution < 1.29 is 38.2 Å². The molecule has 0 aliphatic carbocycles. The van der Waals surface area contributed by atoms with E-state index in [9.17, 15) is 19.5 Å². The molecule has 0 spiro atoms. The number of quaternary nitrogens is 1. The fourth-order valence-corrected chi connectivity index (χ4v) is 5.14. The van der Waals surface area contributed by atoms with Crippen molar-refractivity contribution in [1.82, 2.24) is 0 Å². The Morgan fingerprint density at radius 2 is 1.12 bits per heavy atom. The summed E-state index contributed by atoms with van der Waals surface area (Å²) >= 11 is 0. The van der Waals surface area contributed by atoms with E-state index in [2.05, 4.69) is 38.2 Å². The summed E-state index contributed by atoms with van der Waals surface area (Å²) in [5, 5.41) is 11.6. The van der Waals surface area contributed by atoms with Gasteiger partial charge in [0.1, 0.15) is 12.6 Å². The average Bonchev–Trinajstić information content (AvgIpc) is 3.08. The van der Waals surface area contributed by atoms with E-state index in [1.807, 2.05) is 48.6 Å². The van der Waals surface area contributed by atoms with Gasteiger partial charge in [-0.05, 0) is 57.8 Å². The first-order valence-corrected chi connectivity index (χ1v) is 19.5. The van der Waals surface area contributed by atoms with Gasteiger partial charge < -0.3 is 28.6 Å². The second kappa shape index (κ2) is 33.9. The highest BCUT2D eigenvalue weighted by Gasteiger charge is 2.25. The number of allylic oxidation sites excluding steroid dienone is 12. The Balaban J connectivity index is 4.54. The Bertz CT molecular complexity index is 1060. The van der Waals surface area contributed by atoms with Gasteiger partial charge in [-0.25, -0.2) is 0 Å². The molecule has 290 valence electrons. The average molecular weight is 714 g/mol. The molecule has 8 heteroatoms. The van der Waals surface area contributed by atoms with Gasteiger partial charge in [-0.1, -0.05) is 125 Å². The van der Waals surface area contributed by atoms with Crippen molar-refractivity contribution in [1.29, 1.82) is 0 Å². The molecule has 0 fully saturated rings. The van der Waals surface area contributed by atoms with Gasteiger partial charge in [0.25, 0.3) is 0 Å². The molecule has 8 nitrogen and oxygen atoms in total. The first kappa shape index (κ1) is 47.8. The van der Waals surface area contributed by atoms with Crippen LogP contribution in [0.1, 0.15) is 129 Å². The lowest BCUT2D eigenvalue weighted by Gasteiger charge is -2.34. The lowest BCUT2D eigenvalue weighted by atomic mass is 10.1. The third-order valence-corrected chi connectivity index (χ3v) is 8.20. The molecule has 0 aromatic rings. The SMILES string of the molecule is CC/C=C/C=C/C=C/C=C/C=C/CCCCCC(=O)OC(COCCC(C(=O)[O-])[N+](C)(C)C)COC(=O)CCCCCCC/C=C/CCCCC. The van der Waals surface area contributed by atoms with Crippen LogP contribution >= 0.6 is 0 Å². The molecular weight excluding hydrogens is 642 g/mol. The molecule has 0 aliphatic rings. The second-order valence-electron chi connectivity index (χ2n) is 13.9. The zero-order valence-corrected chi connectivity index (χ0v) is 32.7. The number of unbranched alkanes of at least 4 members (excludes halogenated alkanes) is 11. The van der Waals surface area contributed by atoms with Crippen molar-refractivity contribution in [3.8, 4) is 0 Å². The standard InChI is InChI=1S/C43H71NO7/c1-6-8-10-12-14-16-18-20-21-22-24-26-28-30-32-34-42(46)51-39(37-49-36-35-40(43(47)48)44(3,4)5)38-50-41(45)33-31-29-27-25-23-19-17-15-13-11-9-7-2/h8,10,12,14-18,20-22,24,39-40H,6-7,9,11,13,19,23,25-38H2,1-5H3/b10-8+,14-12+,17-15+,18-16+,21-20+,24-22+.